The van der Waals surface area contributed by atoms with Crippen LogP contribution in [0.4, 0.5) is 5.82 Å². The van der Waals surface area contributed by atoms with Gasteiger partial charge in [-0.15, -0.1) is 11.6 Å². The SMILES string of the molecule is C[C@@]1(Cl)[C@H](O)[C@@H](CO)O[C@H]1n1cnc2c1NC(N)NC2=O. The lowest BCUT2D eigenvalue weighted by Crippen LogP contribution is -2.51. The third kappa shape index (κ3) is 2.09. The topological polar surface area (TPSA) is 135 Å². The van der Waals surface area contributed by atoms with Crippen LogP contribution in [0.3, 0.4) is 0 Å². The number of carbonyl (C=O) groups is 1. The molecule has 1 amide bonds. The minimum absolute atomic E-state index is 0.162. The number of anilines is 1. The molecule has 1 aromatic heterocycles. The van der Waals surface area contributed by atoms with Gasteiger partial charge in [0.15, 0.2) is 18.2 Å². The molecule has 0 aromatic carbocycles. The number of hydrogen-bond donors (Lipinski definition) is 5. The number of nitrogens with one attached hydrogen (secondary N) is 2. The number of halogens is 1. The van der Waals surface area contributed by atoms with Crippen molar-refractivity contribution in [2.24, 2.45) is 5.73 Å². The van der Waals surface area contributed by atoms with Gasteiger partial charge in [0.1, 0.15) is 22.9 Å². The number of amides is 1. The van der Waals surface area contributed by atoms with E-state index in [1.54, 1.807) is 6.92 Å². The van der Waals surface area contributed by atoms with Gasteiger partial charge in [0.05, 0.1) is 12.9 Å². The van der Waals surface area contributed by atoms with Crippen LogP contribution in [0.2, 0.25) is 0 Å². The summed E-state index contributed by atoms with van der Waals surface area (Å²) in [7, 11) is 0. The van der Waals surface area contributed by atoms with Gasteiger partial charge in [0.2, 0.25) is 0 Å². The highest BCUT2D eigenvalue weighted by Gasteiger charge is 2.53. The first-order valence-electron chi connectivity index (χ1n) is 6.39. The van der Waals surface area contributed by atoms with E-state index in [1.165, 1.54) is 10.9 Å². The number of carbonyl (C=O) groups excluding carboxylic acids is 1. The van der Waals surface area contributed by atoms with Gasteiger partial charge in [-0.05, 0) is 6.92 Å². The minimum Gasteiger partial charge on any atom is -0.394 e. The molecular weight excluding hydrogens is 302 g/mol. The summed E-state index contributed by atoms with van der Waals surface area (Å²) in [5, 5.41) is 24.7. The number of hydrogen-bond acceptors (Lipinski definition) is 7. The predicted molar refractivity (Wildman–Crippen MR) is 72.6 cm³/mol. The highest BCUT2D eigenvalue weighted by molar-refractivity contribution is 6.24. The Kier molecular flexibility index (Phi) is 3.34. The van der Waals surface area contributed by atoms with Crippen molar-refractivity contribution in [2.75, 3.05) is 11.9 Å². The number of rotatable bonds is 2. The van der Waals surface area contributed by atoms with Gasteiger partial charge < -0.3 is 25.6 Å². The minimum atomic E-state index is -1.19. The van der Waals surface area contributed by atoms with Crippen LogP contribution in [-0.2, 0) is 4.74 Å². The number of nitrogens with two attached hydrogens (primary N) is 1. The Morgan fingerprint density at radius 2 is 2.33 bits per heavy atom. The lowest BCUT2D eigenvalue weighted by atomic mass is 10.0. The average Bonchev–Trinajstić information content (AvgIpc) is 2.91. The predicted octanol–water partition coefficient (Wildman–Crippen LogP) is -1.47. The van der Waals surface area contributed by atoms with Gasteiger partial charge in [-0.1, -0.05) is 0 Å². The van der Waals surface area contributed by atoms with E-state index >= 15 is 0 Å². The van der Waals surface area contributed by atoms with E-state index in [4.69, 9.17) is 22.1 Å². The number of aliphatic hydroxyl groups excluding tert-OH is 2. The highest BCUT2D eigenvalue weighted by Crippen LogP contribution is 2.44. The second-order valence-corrected chi connectivity index (χ2v) is 6.06. The molecule has 0 radical (unpaired) electrons. The van der Waals surface area contributed by atoms with Gasteiger partial charge in [-0.2, -0.15) is 0 Å². The van der Waals surface area contributed by atoms with Crippen LogP contribution >= 0.6 is 11.6 Å². The Bertz CT molecular complexity index is 577. The fourth-order valence-electron chi connectivity index (χ4n) is 2.60. The van der Waals surface area contributed by atoms with Crippen molar-refractivity contribution in [3.8, 4) is 0 Å². The fourth-order valence-corrected chi connectivity index (χ4v) is 2.90. The van der Waals surface area contributed by atoms with Crippen LogP contribution in [0.1, 0.15) is 23.6 Å². The van der Waals surface area contributed by atoms with E-state index in [-0.39, 0.29) is 12.3 Å². The van der Waals surface area contributed by atoms with Crippen molar-refractivity contribution in [1.29, 1.82) is 0 Å². The summed E-state index contributed by atoms with van der Waals surface area (Å²) in [6, 6.07) is 0. The van der Waals surface area contributed by atoms with E-state index < -0.39 is 35.5 Å². The molecule has 2 aliphatic rings. The maximum Gasteiger partial charge on any atom is 0.276 e. The summed E-state index contributed by atoms with van der Waals surface area (Å²) in [6.45, 7) is 1.22. The number of imidazole rings is 1. The molecule has 0 spiro atoms. The summed E-state index contributed by atoms with van der Waals surface area (Å²) in [5.41, 5.74) is 5.83. The van der Waals surface area contributed by atoms with Crippen LogP contribution in [0.5, 0.6) is 0 Å². The van der Waals surface area contributed by atoms with E-state index in [0.29, 0.717) is 5.82 Å². The molecule has 0 saturated carbocycles. The van der Waals surface area contributed by atoms with Gasteiger partial charge in [0, 0.05) is 0 Å². The molecule has 0 aliphatic carbocycles. The van der Waals surface area contributed by atoms with Crippen molar-refractivity contribution in [1.82, 2.24) is 14.9 Å². The number of aromatic nitrogens is 2. The first kappa shape index (κ1) is 14.5. The van der Waals surface area contributed by atoms with Crippen molar-refractivity contribution in [3.05, 3.63) is 12.0 Å². The van der Waals surface area contributed by atoms with E-state index in [9.17, 15) is 15.0 Å². The molecule has 1 aromatic rings. The molecule has 3 rings (SSSR count). The lowest BCUT2D eigenvalue weighted by molar-refractivity contribution is -0.0447. The number of ether oxygens (including phenoxy) is 1. The van der Waals surface area contributed by atoms with Gasteiger partial charge in [-0.3, -0.25) is 15.1 Å². The van der Waals surface area contributed by atoms with Crippen LogP contribution < -0.4 is 16.4 Å². The van der Waals surface area contributed by atoms with Crippen molar-refractivity contribution in [2.45, 2.75) is 36.5 Å². The number of nitrogens with zero attached hydrogens (tertiary/aromatic N) is 2. The maximum absolute atomic E-state index is 11.8. The number of aliphatic hydroxyl groups is 2. The number of alkyl halides is 1. The third-order valence-electron chi connectivity index (χ3n) is 3.74. The number of fused-ring (bicyclic) bond motifs is 1. The maximum atomic E-state index is 11.8. The first-order chi connectivity index (χ1) is 9.86. The smallest absolute Gasteiger partial charge is 0.276 e. The van der Waals surface area contributed by atoms with Crippen molar-refractivity contribution >= 4 is 23.3 Å². The van der Waals surface area contributed by atoms with Gasteiger partial charge >= 0.3 is 0 Å². The van der Waals surface area contributed by atoms with E-state index in [0.717, 1.165) is 0 Å². The third-order valence-corrected chi connectivity index (χ3v) is 4.15. The van der Waals surface area contributed by atoms with Crippen LogP contribution in [0.25, 0.3) is 0 Å². The Labute approximate surface area is 125 Å². The molecule has 1 saturated heterocycles. The molecule has 1 unspecified atom stereocenters. The molecule has 2 aliphatic heterocycles. The largest absolute Gasteiger partial charge is 0.394 e. The zero-order chi connectivity index (χ0) is 15.4. The van der Waals surface area contributed by atoms with Crippen molar-refractivity contribution in [3.63, 3.8) is 0 Å². The molecule has 1 fully saturated rings. The second-order valence-electron chi connectivity index (χ2n) is 5.25. The Hall–Kier alpha value is -1.39. The van der Waals surface area contributed by atoms with Crippen LogP contribution in [-0.4, -0.2) is 55.7 Å². The second kappa shape index (κ2) is 4.82. The molecule has 10 heteroatoms. The Morgan fingerprint density at radius 1 is 1.62 bits per heavy atom. The lowest BCUT2D eigenvalue weighted by Gasteiger charge is -2.29. The molecule has 9 nitrogen and oxygen atoms in total. The zero-order valence-electron chi connectivity index (χ0n) is 11.2. The van der Waals surface area contributed by atoms with Crippen LogP contribution in [0, 0.1) is 0 Å². The summed E-state index contributed by atoms with van der Waals surface area (Å²) in [5.74, 6) is -0.0579. The summed E-state index contributed by atoms with van der Waals surface area (Å²) >= 11 is 6.37. The van der Waals surface area contributed by atoms with Crippen molar-refractivity contribution < 1.29 is 19.7 Å². The standard InChI is InChI=1S/C11H16ClN5O4/c1-11(12)6(19)4(2-18)21-9(11)17-3-14-5-7(17)15-10(13)16-8(5)20/h3-4,6,9-10,15,18-19H,2,13H2,1H3,(H,16,20)/t4-,6-,9-,10?,11-/m1/s1. The molecule has 21 heavy (non-hydrogen) atoms. The van der Waals surface area contributed by atoms with Gasteiger partial charge in [-0.25, -0.2) is 4.98 Å². The normalized spacial score (nSPS) is 38.8. The molecule has 0 bridgehead atoms. The Balaban J connectivity index is 2.01. The summed E-state index contributed by atoms with van der Waals surface area (Å²) in [6.07, 6.45) is -2.08. The molecule has 5 atom stereocenters. The molecule has 3 heterocycles. The molecule has 116 valence electrons. The molecular formula is C11H16ClN5O4. The van der Waals surface area contributed by atoms with Gasteiger partial charge in [0.25, 0.3) is 5.91 Å². The summed E-state index contributed by atoms with van der Waals surface area (Å²) in [4.78, 5) is 14.6. The highest BCUT2D eigenvalue weighted by atomic mass is 35.5. The summed E-state index contributed by atoms with van der Waals surface area (Å²) < 4.78 is 7.10. The first-order valence-corrected chi connectivity index (χ1v) is 6.77. The van der Waals surface area contributed by atoms with E-state index in [1.807, 2.05) is 0 Å². The monoisotopic (exact) mass is 317 g/mol. The fraction of sp³-hybridized carbons (Fsp3) is 0.636. The average molecular weight is 318 g/mol. The Morgan fingerprint density at radius 3 is 2.95 bits per heavy atom. The zero-order valence-corrected chi connectivity index (χ0v) is 11.9. The van der Waals surface area contributed by atoms with Crippen LogP contribution in [0.15, 0.2) is 6.33 Å². The molecule has 6 N–H and O–H groups in total. The van der Waals surface area contributed by atoms with E-state index in [2.05, 4.69) is 15.6 Å². The quantitative estimate of drug-likeness (QED) is 0.420.